The predicted octanol–water partition coefficient (Wildman–Crippen LogP) is 1.06. The monoisotopic (exact) mass is 291 g/mol. The van der Waals surface area contributed by atoms with Gasteiger partial charge in [0.1, 0.15) is 0 Å². The summed E-state index contributed by atoms with van der Waals surface area (Å²) in [5.74, 6) is -0.662. The Morgan fingerprint density at radius 2 is 2.11 bits per heavy atom. The summed E-state index contributed by atoms with van der Waals surface area (Å²) >= 11 is 5.79. The van der Waals surface area contributed by atoms with Gasteiger partial charge in [-0.3, -0.25) is 4.79 Å². The third-order valence-corrected chi connectivity index (χ3v) is 3.80. The zero-order valence-corrected chi connectivity index (χ0v) is 11.8. The number of halogens is 1. The zero-order chi connectivity index (χ0) is 13.9. The Bertz CT molecular complexity index is 557. The maximum absolute atomic E-state index is 11.8. The maximum atomic E-state index is 11.8. The number of rotatable bonds is 4. The van der Waals surface area contributed by atoms with E-state index in [-0.39, 0.29) is 27.7 Å². The molecule has 0 aromatic carbocycles. The number of carbonyl (C=O) groups excluding carboxylic acids is 1. The first-order valence-electron chi connectivity index (χ1n) is 5.34. The lowest BCUT2D eigenvalue weighted by Crippen LogP contribution is -2.31. The molecular weight excluding hydrogens is 278 g/mol. The molecule has 1 N–H and O–H groups in total. The zero-order valence-electron chi connectivity index (χ0n) is 10.3. The van der Waals surface area contributed by atoms with Gasteiger partial charge in [-0.1, -0.05) is 18.5 Å². The molecule has 0 saturated heterocycles. The Kier molecular flexibility index (Phi) is 4.64. The highest BCUT2D eigenvalue weighted by Crippen LogP contribution is 2.15. The van der Waals surface area contributed by atoms with Gasteiger partial charge < -0.3 is 5.32 Å². The molecule has 0 aliphatic rings. The van der Waals surface area contributed by atoms with Crippen molar-refractivity contribution in [2.24, 2.45) is 0 Å². The summed E-state index contributed by atoms with van der Waals surface area (Å²) in [6.45, 7) is 5.02. The van der Waals surface area contributed by atoms with Gasteiger partial charge in [-0.05, 0) is 13.8 Å². The van der Waals surface area contributed by atoms with Crippen LogP contribution in [0.3, 0.4) is 0 Å². The maximum Gasteiger partial charge on any atom is 0.271 e. The van der Waals surface area contributed by atoms with Crippen molar-refractivity contribution in [2.45, 2.75) is 32.0 Å². The normalized spacial score (nSPS) is 11.6. The summed E-state index contributed by atoms with van der Waals surface area (Å²) in [6.07, 6.45) is 1.12. The highest BCUT2D eigenvalue weighted by Gasteiger charge is 2.21. The van der Waals surface area contributed by atoms with Crippen molar-refractivity contribution in [1.82, 2.24) is 15.3 Å². The molecule has 0 saturated carbocycles. The fourth-order valence-electron chi connectivity index (χ4n) is 1.12. The van der Waals surface area contributed by atoms with Gasteiger partial charge in [0, 0.05) is 6.04 Å². The van der Waals surface area contributed by atoms with E-state index in [0.717, 1.165) is 6.20 Å². The van der Waals surface area contributed by atoms with Gasteiger partial charge in [0.25, 0.3) is 5.91 Å². The molecule has 0 bridgehead atoms. The number of hydrogen-bond acceptors (Lipinski definition) is 5. The second-order valence-corrected chi connectivity index (χ2v) is 6.46. The van der Waals surface area contributed by atoms with E-state index in [2.05, 4.69) is 15.3 Å². The molecule has 0 fully saturated rings. The van der Waals surface area contributed by atoms with Crippen LogP contribution in [-0.4, -0.2) is 36.1 Å². The number of hydrogen-bond donors (Lipinski definition) is 1. The summed E-state index contributed by atoms with van der Waals surface area (Å²) in [4.78, 5) is 19.1. The van der Waals surface area contributed by atoms with Crippen LogP contribution in [-0.2, 0) is 9.84 Å². The number of amides is 1. The van der Waals surface area contributed by atoms with E-state index in [0.29, 0.717) is 0 Å². The Labute approximate surface area is 111 Å². The minimum Gasteiger partial charge on any atom is -0.348 e. The minimum absolute atomic E-state index is 0.0169. The van der Waals surface area contributed by atoms with Gasteiger partial charge in [-0.25, -0.2) is 18.4 Å². The Morgan fingerprint density at radius 1 is 1.50 bits per heavy atom. The van der Waals surface area contributed by atoms with Crippen LogP contribution in [0, 0.1) is 0 Å². The first-order valence-corrected chi connectivity index (χ1v) is 7.37. The van der Waals surface area contributed by atoms with Gasteiger partial charge >= 0.3 is 0 Å². The summed E-state index contributed by atoms with van der Waals surface area (Å²) < 4.78 is 23.2. The molecule has 1 rings (SSSR count). The van der Waals surface area contributed by atoms with Crippen molar-refractivity contribution in [3.8, 4) is 0 Å². The second-order valence-electron chi connectivity index (χ2n) is 3.88. The molecule has 0 aliphatic heterocycles. The summed E-state index contributed by atoms with van der Waals surface area (Å²) in [7, 11) is -3.56. The lowest BCUT2D eigenvalue weighted by Gasteiger charge is -2.09. The van der Waals surface area contributed by atoms with Gasteiger partial charge in [-0.2, -0.15) is 0 Å². The smallest absolute Gasteiger partial charge is 0.271 e. The topological polar surface area (TPSA) is 89.0 Å². The van der Waals surface area contributed by atoms with Crippen LogP contribution >= 0.6 is 11.6 Å². The summed E-state index contributed by atoms with van der Waals surface area (Å²) in [5.41, 5.74) is -0.132. The number of nitrogens with zero attached hydrogens (tertiary/aromatic N) is 2. The third kappa shape index (κ3) is 3.39. The predicted molar refractivity (Wildman–Crippen MR) is 67.4 cm³/mol. The molecule has 1 heterocycles. The summed E-state index contributed by atoms with van der Waals surface area (Å²) in [5, 5.41) is 2.22. The van der Waals surface area contributed by atoms with Crippen molar-refractivity contribution in [3.05, 3.63) is 16.9 Å². The van der Waals surface area contributed by atoms with Crippen molar-refractivity contribution in [3.63, 3.8) is 0 Å². The van der Waals surface area contributed by atoms with E-state index in [1.165, 1.54) is 6.92 Å². The summed E-state index contributed by atoms with van der Waals surface area (Å²) in [6, 6.07) is -0.102. The Hall–Kier alpha value is -1.21. The van der Waals surface area contributed by atoms with E-state index in [4.69, 9.17) is 11.6 Å². The average molecular weight is 292 g/mol. The number of nitrogens with one attached hydrogen (secondary N) is 1. The van der Waals surface area contributed by atoms with Crippen LogP contribution < -0.4 is 5.32 Å². The third-order valence-electron chi connectivity index (χ3n) is 2.02. The van der Waals surface area contributed by atoms with Crippen LogP contribution in [0.4, 0.5) is 0 Å². The van der Waals surface area contributed by atoms with Crippen LogP contribution in [0.1, 0.15) is 31.3 Å². The van der Waals surface area contributed by atoms with Crippen molar-refractivity contribution in [1.29, 1.82) is 0 Å². The molecule has 0 atom stereocenters. The molecule has 0 aliphatic carbocycles. The largest absolute Gasteiger partial charge is 0.348 e. The van der Waals surface area contributed by atoms with E-state index < -0.39 is 15.7 Å². The van der Waals surface area contributed by atoms with Crippen molar-refractivity contribution >= 4 is 27.3 Å². The van der Waals surface area contributed by atoms with Gasteiger partial charge in [0.2, 0.25) is 15.0 Å². The molecule has 8 heteroatoms. The number of aromatic nitrogens is 2. The highest BCUT2D eigenvalue weighted by molar-refractivity contribution is 7.91. The highest BCUT2D eigenvalue weighted by atomic mass is 35.5. The molecule has 1 aromatic rings. The van der Waals surface area contributed by atoms with Gasteiger partial charge in [0.05, 0.1) is 17.0 Å². The SMILES string of the molecule is CCS(=O)(=O)c1ncc(Cl)c(C(=O)NC(C)C)n1. The Balaban J connectivity index is 3.21. The Morgan fingerprint density at radius 3 is 2.61 bits per heavy atom. The fourth-order valence-corrected chi connectivity index (χ4v) is 2.00. The lowest BCUT2D eigenvalue weighted by molar-refractivity contribution is 0.0937. The van der Waals surface area contributed by atoms with Crippen LogP contribution in [0.25, 0.3) is 0 Å². The van der Waals surface area contributed by atoms with Gasteiger partial charge in [-0.15, -0.1) is 0 Å². The molecule has 18 heavy (non-hydrogen) atoms. The lowest BCUT2D eigenvalue weighted by atomic mass is 10.3. The van der Waals surface area contributed by atoms with E-state index in [1.807, 2.05) is 0 Å². The molecular formula is C10H14ClN3O3S. The molecule has 1 amide bonds. The molecule has 1 aromatic heterocycles. The van der Waals surface area contributed by atoms with Gasteiger partial charge in [0.15, 0.2) is 5.69 Å². The van der Waals surface area contributed by atoms with Crippen LogP contribution in [0.15, 0.2) is 11.4 Å². The molecule has 0 unspecified atom stereocenters. The second kappa shape index (κ2) is 5.62. The van der Waals surface area contributed by atoms with E-state index in [1.54, 1.807) is 13.8 Å². The molecule has 100 valence electrons. The first-order chi connectivity index (χ1) is 8.27. The standard InChI is InChI=1S/C10H14ClN3O3S/c1-4-18(16,17)10-12-5-7(11)8(14-10)9(15)13-6(2)3/h5-6H,4H2,1-3H3,(H,13,15). The quantitative estimate of drug-likeness (QED) is 0.838. The minimum atomic E-state index is -3.56. The fraction of sp³-hybridized carbons (Fsp3) is 0.500. The molecule has 0 radical (unpaired) electrons. The van der Waals surface area contributed by atoms with E-state index >= 15 is 0 Å². The van der Waals surface area contributed by atoms with Crippen LogP contribution in [0.5, 0.6) is 0 Å². The van der Waals surface area contributed by atoms with Crippen LogP contribution in [0.2, 0.25) is 5.02 Å². The average Bonchev–Trinajstić information content (AvgIpc) is 2.28. The molecule has 0 spiro atoms. The van der Waals surface area contributed by atoms with Crippen molar-refractivity contribution < 1.29 is 13.2 Å². The number of carbonyl (C=O) groups is 1. The molecule has 6 nitrogen and oxygen atoms in total. The van der Waals surface area contributed by atoms with E-state index in [9.17, 15) is 13.2 Å². The number of sulfone groups is 1. The van der Waals surface area contributed by atoms with Crippen molar-refractivity contribution in [2.75, 3.05) is 5.75 Å². The first kappa shape index (κ1) is 14.8.